The summed E-state index contributed by atoms with van der Waals surface area (Å²) in [5.74, 6) is -0.0131. The summed E-state index contributed by atoms with van der Waals surface area (Å²) >= 11 is 0. The Balaban J connectivity index is 1.21. The van der Waals surface area contributed by atoms with Crippen molar-refractivity contribution in [2.75, 3.05) is 4.90 Å². The van der Waals surface area contributed by atoms with E-state index < -0.39 is 0 Å². The highest BCUT2D eigenvalue weighted by atomic mass is 15.2. The normalized spacial score (nSPS) is 16.9. The van der Waals surface area contributed by atoms with Crippen LogP contribution in [0.4, 0.5) is 11.4 Å². The Hall–Kier alpha value is -6.87. The van der Waals surface area contributed by atoms with E-state index in [1.165, 1.54) is 16.6 Å². The molecule has 2 unspecified atom stereocenters. The van der Waals surface area contributed by atoms with Crippen LogP contribution in [-0.4, -0.2) is 10.6 Å². The van der Waals surface area contributed by atoms with E-state index >= 15 is 0 Å². The Morgan fingerprint density at radius 1 is 0.660 bits per heavy atom. The van der Waals surface area contributed by atoms with Crippen molar-refractivity contribution in [1.82, 2.24) is 4.57 Å². The molecule has 0 N–H and O–H groups in total. The number of aromatic nitrogens is 1. The van der Waals surface area contributed by atoms with Gasteiger partial charge in [-0.05, 0) is 72.0 Å². The number of nitrogens with zero attached hydrogens (tertiary/aromatic N) is 5. The average molecular weight is 640 g/mol. The molecule has 0 fully saturated rings. The molecule has 5 heteroatoms. The van der Waals surface area contributed by atoms with Crippen LogP contribution in [0.25, 0.3) is 44.9 Å². The maximum absolute atomic E-state index is 10.8. The maximum Gasteiger partial charge on any atom is 0.101 e. The van der Waals surface area contributed by atoms with E-state index in [9.17, 15) is 15.8 Å². The predicted molar refractivity (Wildman–Crippen MR) is 199 cm³/mol. The second-order valence-electron chi connectivity index (χ2n) is 12.9. The Kier molecular flexibility index (Phi) is 6.84. The van der Waals surface area contributed by atoms with Gasteiger partial charge in [0, 0.05) is 44.9 Å². The zero-order chi connectivity index (χ0) is 33.8. The number of hydrogen-bond acceptors (Lipinski definition) is 4. The molecule has 0 saturated heterocycles. The van der Waals surface area contributed by atoms with E-state index in [0.29, 0.717) is 16.7 Å². The van der Waals surface area contributed by atoms with Crippen LogP contribution in [0.2, 0.25) is 0 Å². The van der Waals surface area contributed by atoms with Gasteiger partial charge < -0.3 is 9.47 Å². The lowest BCUT2D eigenvalue weighted by Gasteiger charge is -2.30. The van der Waals surface area contributed by atoms with Crippen molar-refractivity contribution in [3.8, 4) is 46.1 Å². The summed E-state index contributed by atoms with van der Waals surface area (Å²) in [6.45, 7) is 0. The second kappa shape index (κ2) is 11.7. The monoisotopic (exact) mass is 639 g/mol. The highest BCUT2D eigenvalue weighted by Gasteiger charge is 2.39. The van der Waals surface area contributed by atoms with Gasteiger partial charge in [0.2, 0.25) is 0 Å². The molecular formula is C45H29N5. The first-order valence-electron chi connectivity index (χ1n) is 16.8. The first kappa shape index (κ1) is 29.3. The molecule has 6 aromatic rings. The number of anilines is 2. The molecule has 9 rings (SSSR count). The fraction of sp³-hybridized carbons (Fsp3) is 0.0889. The van der Waals surface area contributed by atoms with Gasteiger partial charge in [-0.1, -0.05) is 97.1 Å². The zero-order valence-corrected chi connectivity index (χ0v) is 27.1. The molecule has 234 valence electrons. The summed E-state index contributed by atoms with van der Waals surface area (Å²) in [6.07, 6.45) is 12.4. The lowest BCUT2D eigenvalue weighted by atomic mass is 9.88. The van der Waals surface area contributed by atoms with Crippen molar-refractivity contribution >= 4 is 28.4 Å². The number of allylic oxidation sites excluding steroid dienone is 3. The molecule has 0 radical (unpaired) electrons. The van der Waals surface area contributed by atoms with Crippen LogP contribution in [0.1, 0.15) is 40.3 Å². The summed E-state index contributed by atoms with van der Waals surface area (Å²) in [5.41, 5.74) is 12.9. The van der Waals surface area contributed by atoms with E-state index in [1.807, 2.05) is 66.7 Å². The molecule has 1 aromatic heterocycles. The molecule has 2 atom stereocenters. The largest absolute Gasteiger partial charge is 0.332 e. The fourth-order valence-electron chi connectivity index (χ4n) is 8.18. The van der Waals surface area contributed by atoms with Crippen LogP contribution in [0.5, 0.6) is 0 Å². The molecule has 0 bridgehead atoms. The Morgan fingerprint density at radius 2 is 1.44 bits per heavy atom. The molecule has 3 aliphatic rings. The molecular weight excluding hydrogens is 611 g/mol. The van der Waals surface area contributed by atoms with Crippen molar-refractivity contribution in [3.05, 3.63) is 167 Å². The summed E-state index contributed by atoms with van der Waals surface area (Å²) in [4.78, 5) is 2.21. The Bertz CT molecular complexity index is 2610. The van der Waals surface area contributed by atoms with Gasteiger partial charge in [0.1, 0.15) is 12.1 Å². The quantitative estimate of drug-likeness (QED) is 0.192. The standard InChI is InChI=1S/C45H29N5/c46-26-29-20-23-44-38(24-29)37-13-4-8-19-43(37)50(44)45-25-30(21-22-31(45)27-47)32-14-9-15-33(39(32)28-48)34-10-1-5-16-40(34)49-41-17-6-2-11-35(41)36-12-3-7-18-42(36)49/h1-2,4-11,13-25,38,44H,3,12H2. The number of para-hydroxylation sites is 3. The molecule has 2 aliphatic carbocycles. The van der Waals surface area contributed by atoms with Crippen LogP contribution in [0, 0.1) is 34.0 Å². The number of rotatable bonds is 4. The maximum atomic E-state index is 10.8. The fourth-order valence-corrected chi connectivity index (χ4v) is 8.18. The highest BCUT2D eigenvalue weighted by molar-refractivity contribution is 5.94. The third-order valence-corrected chi connectivity index (χ3v) is 10.3. The second-order valence-corrected chi connectivity index (χ2v) is 12.9. The van der Waals surface area contributed by atoms with E-state index in [-0.39, 0.29) is 12.0 Å². The lowest BCUT2D eigenvalue weighted by Crippen LogP contribution is -2.29. The first-order valence-corrected chi connectivity index (χ1v) is 16.8. The smallest absolute Gasteiger partial charge is 0.101 e. The van der Waals surface area contributed by atoms with Crippen molar-refractivity contribution < 1.29 is 0 Å². The number of nitriles is 3. The lowest BCUT2D eigenvalue weighted by molar-refractivity contribution is 0.741. The summed E-state index contributed by atoms with van der Waals surface area (Å²) < 4.78 is 2.34. The Morgan fingerprint density at radius 3 is 2.30 bits per heavy atom. The van der Waals surface area contributed by atoms with Gasteiger partial charge in [-0.3, -0.25) is 0 Å². The van der Waals surface area contributed by atoms with Crippen LogP contribution in [0.15, 0.2) is 139 Å². The minimum atomic E-state index is -0.0862. The van der Waals surface area contributed by atoms with E-state index in [4.69, 9.17) is 0 Å². The van der Waals surface area contributed by atoms with Crippen LogP contribution in [-0.2, 0) is 6.42 Å². The van der Waals surface area contributed by atoms with Gasteiger partial charge >= 0.3 is 0 Å². The van der Waals surface area contributed by atoms with Crippen LogP contribution < -0.4 is 4.90 Å². The first-order chi connectivity index (χ1) is 24.7. The molecule has 0 saturated carbocycles. The topological polar surface area (TPSA) is 79.5 Å². The molecule has 0 spiro atoms. The van der Waals surface area contributed by atoms with E-state index in [1.54, 1.807) is 0 Å². The summed E-state index contributed by atoms with van der Waals surface area (Å²) in [7, 11) is 0. The van der Waals surface area contributed by atoms with Gasteiger partial charge in [0.05, 0.1) is 40.1 Å². The number of fused-ring (bicyclic) bond motifs is 6. The summed E-state index contributed by atoms with van der Waals surface area (Å²) in [5, 5.41) is 32.1. The molecule has 2 heterocycles. The zero-order valence-electron chi connectivity index (χ0n) is 27.1. The van der Waals surface area contributed by atoms with Crippen molar-refractivity contribution in [3.63, 3.8) is 0 Å². The number of aryl methyl sites for hydroxylation is 1. The summed E-state index contributed by atoms with van der Waals surface area (Å²) in [6, 6.07) is 44.2. The highest BCUT2D eigenvalue weighted by Crippen LogP contribution is 2.50. The predicted octanol–water partition coefficient (Wildman–Crippen LogP) is 10.3. The van der Waals surface area contributed by atoms with Crippen molar-refractivity contribution in [1.29, 1.82) is 15.8 Å². The third-order valence-electron chi connectivity index (χ3n) is 10.3. The van der Waals surface area contributed by atoms with Gasteiger partial charge in [0.25, 0.3) is 0 Å². The van der Waals surface area contributed by atoms with Crippen molar-refractivity contribution in [2.45, 2.75) is 24.8 Å². The molecule has 50 heavy (non-hydrogen) atoms. The van der Waals surface area contributed by atoms with Crippen LogP contribution in [0.3, 0.4) is 0 Å². The van der Waals surface area contributed by atoms with E-state index in [0.717, 1.165) is 63.2 Å². The molecule has 5 nitrogen and oxygen atoms in total. The molecule has 1 aliphatic heterocycles. The minimum Gasteiger partial charge on any atom is -0.332 e. The number of hydrogen-bond donors (Lipinski definition) is 0. The third kappa shape index (κ3) is 4.37. The van der Waals surface area contributed by atoms with Crippen LogP contribution >= 0.6 is 0 Å². The number of benzene rings is 5. The van der Waals surface area contributed by atoms with Gasteiger partial charge in [-0.15, -0.1) is 0 Å². The molecule has 0 amide bonds. The average Bonchev–Trinajstić information content (AvgIpc) is 3.69. The van der Waals surface area contributed by atoms with Crippen molar-refractivity contribution in [2.24, 2.45) is 0 Å². The van der Waals surface area contributed by atoms with Gasteiger partial charge in [0.15, 0.2) is 0 Å². The molecule has 5 aromatic carbocycles. The van der Waals surface area contributed by atoms with Gasteiger partial charge in [-0.25, -0.2) is 0 Å². The SMILES string of the molecule is N#CC1=CC2c3ccccc3N(c3cc(-c4cccc(-c5ccccc5-n5c6c(c7ccccc75)CCC=C6)c4C#N)ccc3C#N)C2C=C1. The van der Waals surface area contributed by atoms with E-state index in [2.05, 4.69) is 101 Å². The van der Waals surface area contributed by atoms with Gasteiger partial charge in [-0.2, -0.15) is 15.8 Å². The minimum absolute atomic E-state index is 0.0131. The Labute approximate surface area is 290 Å².